The monoisotopic (exact) mass is 242 g/mol. The average Bonchev–Trinajstić information content (AvgIpc) is 2.58. The van der Waals surface area contributed by atoms with Gasteiger partial charge in [-0.3, -0.25) is 4.90 Å². The van der Waals surface area contributed by atoms with Gasteiger partial charge in [0.15, 0.2) is 0 Å². The number of aliphatic hydroxyl groups is 1. The van der Waals surface area contributed by atoms with Crippen molar-refractivity contribution < 1.29 is 9.84 Å². The molecule has 4 heteroatoms. The first-order chi connectivity index (χ1) is 8.10. The van der Waals surface area contributed by atoms with Crippen LogP contribution in [0.4, 0.5) is 0 Å². The lowest BCUT2D eigenvalue weighted by Gasteiger charge is -2.40. The van der Waals surface area contributed by atoms with Crippen molar-refractivity contribution in [3.8, 4) is 0 Å². The van der Waals surface area contributed by atoms with Crippen LogP contribution in [0, 0.1) is 5.92 Å². The highest BCUT2D eigenvalue weighted by Gasteiger charge is 2.37. The quantitative estimate of drug-likeness (QED) is 0.740. The smallest absolute Gasteiger partial charge is 0.0707 e. The molecule has 4 atom stereocenters. The SMILES string of the molecule is CC(C)CC(N)C(CO)N1CC2CCC(C1)O2. The van der Waals surface area contributed by atoms with Crippen LogP contribution in [0.25, 0.3) is 0 Å². The van der Waals surface area contributed by atoms with E-state index in [1.165, 1.54) is 12.8 Å². The molecule has 2 saturated heterocycles. The number of hydrogen-bond donors (Lipinski definition) is 2. The lowest BCUT2D eigenvalue weighted by atomic mass is 9.97. The molecule has 0 amide bonds. The lowest BCUT2D eigenvalue weighted by molar-refractivity contribution is -0.0641. The van der Waals surface area contributed by atoms with Crippen LogP contribution in [0.2, 0.25) is 0 Å². The normalized spacial score (nSPS) is 33.0. The molecule has 0 aliphatic carbocycles. The third-order valence-electron chi connectivity index (χ3n) is 3.97. The van der Waals surface area contributed by atoms with Gasteiger partial charge in [-0.15, -0.1) is 0 Å². The van der Waals surface area contributed by atoms with Crippen molar-refractivity contribution in [2.24, 2.45) is 11.7 Å². The molecule has 100 valence electrons. The van der Waals surface area contributed by atoms with E-state index in [1.54, 1.807) is 0 Å². The largest absolute Gasteiger partial charge is 0.395 e. The van der Waals surface area contributed by atoms with Gasteiger partial charge >= 0.3 is 0 Å². The summed E-state index contributed by atoms with van der Waals surface area (Å²) in [5.74, 6) is 0.580. The highest BCUT2D eigenvalue weighted by Crippen LogP contribution is 2.28. The van der Waals surface area contributed by atoms with Crippen molar-refractivity contribution in [3.05, 3.63) is 0 Å². The fourth-order valence-electron chi connectivity index (χ4n) is 3.14. The van der Waals surface area contributed by atoms with Crippen LogP contribution in [0.5, 0.6) is 0 Å². The Kier molecular flexibility index (Phi) is 4.42. The Morgan fingerprint density at radius 2 is 1.88 bits per heavy atom. The molecule has 0 radical (unpaired) electrons. The van der Waals surface area contributed by atoms with E-state index in [4.69, 9.17) is 10.5 Å². The Bertz CT molecular complexity index is 236. The van der Waals surface area contributed by atoms with Crippen LogP contribution in [0.1, 0.15) is 33.1 Å². The summed E-state index contributed by atoms with van der Waals surface area (Å²) in [5, 5.41) is 9.59. The molecule has 4 unspecified atom stereocenters. The van der Waals surface area contributed by atoms with E-state index in [0.717, 1.165) is 19.5 Å². The van der Waals surface area contributed by atoms with Crippen molar-refractivity contribution in [2.75, 3.05) is 19.7 Å². The predicted octanol–water partition coefficient (Wildman–Crippen LogP) is 0.584. The Morgan fingerprint density at radius 3 is 2.35 bits per heavy atom. The van der Waals surface area contributed by atoms with Crippen molar-refractivity contribution >= 4 is 0 Å². The Labute approximate surface area is 104 Å². The van der Waals surface area contributed by atoms with Crippen molar-refractivity contribution in [3.63, 3.8) is 0 Å². The van der Waals surface area contributed by atoms with E-state index in [2.05, 4.69) is 18.7 Å². The summed E-state index contributed by atoms with van der Waals surface area (Å²) in [6.45, 7) is 6.39. The molecule has 0 saturated carbocycles. The Hall–Kier alpha value is -0.160. The number of hydrogen-bond acceptors (Lipinski definition) is 4. The van der Waals surface area contributed by atoms with Gasteiger partial charge in [-0.2, -0.15) is 0 Å². The van der Waals surface area contributed by atoms with E-state index in [9.17, 15) is 5.11 Å². The lowest BCUT2D eigenvalue weighted by Crippen LogP contribution is -2.56. The zero-order valence-electron chi connectivity index (χ0n) is 11.0. The number of rotatable bonds is 5. The van der Waals surface area contributed by atoms with E-state index in [0.29, 0.717) is 18.1 Å². The van der Waals surface area contributed by atoms with Gasteiger partial charge in [0.2, 0.25) is 0 Å². The maximum absolute atomic E-state index is 9.59. The van der Waals surface area contributed by atoms with E-state index < -0.39 is 0 Å². The number of nitrogens with zero attached hydrogens (tertiary/aromatic N) is 1. The number of ether oxygens (including phenoxy) is 1. The van der Waals surface area contributed by atoms with Gasteiger partial charge in [0.05, 0.1) is 18.8 Å². The Balaban J connectivity index is 1.93. The van der Waals surface area contributed by atoms with Gasteiger partial charge in [-0.1, -0.05) is 13.8 Å². The summed E-state index contributed by atoms with van der Waals surface area (Å²) in [5.41, 5.74) is 6.23. The number of morpholine rings is 1. The number of nitrogens with two attached hydrogens (primary N) is 1. The van der Waals surface area contributed by atoms with Crippen LogP contribution in [0.15, 0.2) is 0 Å². The molecule has 0 spiro atoms. The molecule has 0 aromatic rings. The third-order valence-corrected chi connectivity index (χ3v) is 3.97. The molecular weight excluding hydrogens is 216 g/mol. The molecule has 17 heavy (non-hydrogen) atoms. The van der Waals surface area contributed by atoms with Crippen LogP contribution in [0.3, 0.4) is 0 Å². The summed E-state index contributed by atoms with van der Waals surface area (Å²) in [7, 11) is 0. The summed E-state index contributed by atoms with van der Waals surface area (Å²) in [4.78, 5) is 2.35. The van der Waals surface area contributed by atoms with Gasteiger partial charge < -0.3 is 15.6 Å². The van der Waals surface area contributed by atoms with Gasteiger partial charge in [0.25, 0.3) is 0 Å². The zero-order valence-corrected chi connectivity index (χ0v) is 11.0. The molecule has 2 heterocycles. The van der Waals surface area contributed by atoms with Crippen LogP contribution in [-0.2, 0) is 4.74 Å². The summed E-state index contributed by atoms with van der Waals surface area (Å²) in [6, 6.07) is 0.168. The Morgan fingerprint density at radius 1 is 1.29 bits per heavy atom. The second-order valence-electron chi connectivity index (χ2n) is 5.95. The van der Waals surface area contributed by atoms with Crippen LogP contribution < -0.4 is 5.73 Å². The highest BCUT2D eigenvalue weighted by atomic mass is 16.5. The summed E-state index contributed by atoms with van der Waals surface area (Å²) < 4.78 is 5.82. The van der Waals surface area contributed by atoms with E-state index >= 15 is 0 Å². The fraction of sp³-hybridized carbons (Fsp3) is 1.00. The molecule has 0 aromatic carbocycles. The fourth-order valence-corrected chi connectivity index (χ4v) is 3.14. The second-order valence-corrected chi connectivity index (χ2v) is 5.95. The van der Waals surface area contributed by atoms with E-state index in [1.807, 2.05) is 0 Å². The molecule has 0 aromatic heterocycles. The standard InChI is InChI=1S/C13H26N2O2/c1-9(2)5-12(14)13(8-16)15-6-10-3-4-11(7-15)17-10/h9-13,16H,3-8,14H2,1-2H3. The zero-order chi connectivity index (χ0) is 12.4. The van der Waals surface area contributed by atoms with Crippen LogP contribution >= 0.6 is 0 Å². The van der Waals surface area contributed by atoms with Crippen LogP contribution in [-0.4, -0.2) is 54.0 Å². The maximum Gasteiger partial charge on any atom is 0.0707 e. The minimum Gasteiger partial charge on any atom is -0.395 e. The molecular formula is C13H26N2O2. The van der Waals surface area contributed by atoms with Crippen molar-refractivity contribution in [2.45, 2.75) is 57.4 Å². The minimum absolute atomic E-state index is 0.0671. The maximum atomic E-state index is 9.59. The summed E-state index contributed by atoms with van der Waals surface area (Å²) in [6.07, 6.45) is 4.04. The molecule has 2 fully saturated rings. The molecule has 3 N–H and O–H groups in total. The number of fused-ring (bicyclic) bond motifs is 2. The van der Waals surface area contributed by atoms with Gasteiger partial charge in [0.1, 0.15) is 0 Å². The first-order valence-electron chi connectivity index (χ1n) is 6.86. The molecule has 2 bridgehead atoms. The predicted molar refractivity (Wildman–Crippen MR) is 67.8 cm³/mol. The average molecular weight is 242 g/mol. The third kappa shape index (κ3) is 3.19. The van der Waals surface area contributed by atoms with Gasteiger partial charge in [-0.05, 0) is 25.2 Å². The van der Waals surface area contributed by atoms with Crippen molar-refractivity contribution in [1.82, 2.24) is 4.90 Å². The number of likely N-dealkylation sites (tertiary alicyclic amines) is 1. The number of aliphatic hydroxyl groups excluding tert-OH is 1. The first kappa shape index (κ1) is 13.3. The summed E-state index contributed by atoms with van der Waals surface area (Å²) >= 11 is 0. The molecule has 2 aliphatic rings. The van der Waals surface area contributed by atoms with E-state index in [-0.39, 0.29) is 18.7 Å². The highest BCUT2D eigenvalue weighted by molar-refractivity contribution is 4.91. The molecule has 2 aliphatic heterocycles. The molecule has 2 rings (SSSR count). The topological polar surface area (TPSA) is 58.7 Å². The first-order valence-corrected chi connectivity index (χ1v) is 6.86. The molecule has 4 nitrogen and oxygen atoms in total. The minimum atomic E-state index is 0.0671. The second kappa shape index (κ2) is 5.65. The van der Waals surface area contributed by atoms with Crippen molar-refractivity contribution in [1.29, 1.82) is 0 Å². The van der Waals surface area contributed by atoms with Gasteiger partial charge in [0, 0.05) is 25.2 Å². The van der Waals surface area contributed by atoms with Gasteiger partial charge in [-0.25, -0.2) is 0 Å².